The Labute approximate surface area is 92.4 Å². The third-order valence-electron chi connectivity index (χ3n) is 4.08. The molecule has 2 rings (SSSR count). The van der Waals surface area contributed by atoms with Gasteiger partial charge in [0.25, 0.3) is 0 Å². The second-order valence-corrected chi connectivity index (χ2v) is 6.25. The van der Waals surface area contributed by atoms with E-state index in [0.717, 1.165) is 23.9 Å². The lowest BCUT2D eigenvalue weighted by atomic mass is 9.97. The molecule has 4 atom stereocenters. The Morgan fingerprint density at radius 1 is 1.14 bits per heavy atom. The molecule has 4 unspecified atom stereocenters. The molecule has 0 aromatic heterocycles. The van der Waals surface area contributed by atoms with Gasteiger partial charge in [0.2, 0.25) is 0 Å². The molecule has 14 heavy (non-hydrogen) atoms. The van der Waals surface area contributed by atoms with Crippen LogP contribution in [0.25, 0.3) is 0 Å². The van der Waals surface area contributed by atoms with Crippen molar-refractivity contribution in [1.82, 2.24) is 5.32 Å². The topological polar surface area (TPSA) is 12.0 Å². The van der Waals surface area contributed by atoms with Crippen molar-refractivity contribution in [3.8, 4) is 0 Å². The lowest BCUT2D eigenvalue weighted by Crippen LogP contribution is -2.43. The molecule has 1 aliphatic carbocycles. The van der Waals surface area contributed by atoms with Crippen molar-refractivity contribution in [2.45, 2.75) is 51.6 Å². The van der Waals surface area contributed by atoms with E-state index in [1.54, 1.807) is 0 Å². The third kappa shape index (κ3) is 2.46. The Morgan fingerprint density at radius 3 is 2.57 bits per heavy atom. The highest BCUT2D eigenvalue weighted by Gasteiger charge is 2.31. The maximum Gasteiger partial charge on any atom is 0.0161 e. The van der Waals surface area contributed by atoms with Gasteiger partial charge in [-0.05, 0) is 43.3 Å². The molecule has 0 aromatic rings. The first-order valence-electron chi connectivity index (χ1n) is 6.11. The minimum atomic E-state index is 0.812. The zero-order valence-corrected chi connectivity index (χ0v) is 10.3. The summed E-state index contributed by atoms with van der Waals surface area (Å²) in [7, 11) is 0. The van der Waals surface area contributed by atoms with Crippen LogP contribution < -0.4 is 5.32 Å². The second-order valence-electron chi connectivity index (χ2n) is 5.10. The van der Waals surface area contributed by atoms with E-state index in [9.17, 15) is 0 Å². The molecular weight excluding hydrogens is 190 g/mol. The van der Waals surface area contributed by atoms with Crippen LogP contribution >= 0.6 is 11.8 Å². The van der Waals surface area contributed by atoms with Crippen molar-refractivity contribution in [2.24, 2.45) is 11.8 Å². The first-order valence-corrected chi connectivity index (χ1v) is 7.26. The molecule has 0 bridgehead atoms. The zero-order valence-electron chi connectivity index (χ0n) is 9.46. The number of hydrogen-bond acceptors (Lipinski definition) is 2. The van der Waals surface area contributed by atoms with Crippen LogP contribution in [0.5, 0.6) is 0 Å². The molecule has 1 saturated heterocycles. The predicted molar refractivity (Wildman–Crippen MR) is 64.8 cm³/mol. The third-order valence-corrected chi connectivity index (χ3v) is 5.29. The van der Waals surface area contributed by atoms with E-state index in [1.807, 2.05) is 0 Å². The van der Waals surface area contributed by atoms with Gasteiger partial charge < -0.3 is 5.32 Å². The van der Waals surface area contributed by atoms with E-state index in [-0.39, 0.29) is 0 Å². The first kappa shape index (κ1) is 10.8. The minimum absolute atomic E-state index is 0.812. The molecule has 1 nitrogen and oxygen atoms in total. The molecule has 0 radical (unpaired) electrons. The highest BCUT2D eigenvalue weighted by Crippen LogP contribution is 2.32. The molecular formula is C12H23NS. The van der Waals surface area contributed by atoms with Crippen molar-refractivity contribution in [1.29, 1.82) is 0 Å². The van der Waals surface area contributed by atoms with Crippen LogP contribution in [0.4, 0.5) is 0 Å². The van der Waals surface area contributed by atoms with E-state index in [1.165, 1.54) is 37.2 Å². The summed E-state index contributed by atoms with van der Waals surface area (Å²) in [6, 6.07) is 1.63. The lowest BCUT2D eigenvalue weighted by molar-refractivity contribution is 0.337. The van der Waals surface area contributed by atoms with Crippen LogP contribution in [0.1, 0.15) is 39.5 Å². The summed E-state index contributed by atoms with van der Waals surface area (Å²) in [5, 5.41) is 3.88. The van der Waals surface area contributed by atoms with Crippen LogP contribution in [0, 0.1) is 11.8 Å². The molecule has 0 aromatic carbocycles. The van der Waals surface area contributed by atoms with Gasteiger partial charge in [-0.3, -0.25) is 0 Å². The number of hydrogen-bond donors (Lipinski definition) is 1. The maximum atomic E-state index is 3.88. The average molecular weight is 213 g/mol. The second kappa shape index (κ2) is 4.89. The fourth-order valence-corrected chi connectivity index (χ4v) is 3.86. The van der Waals surface area contributed by atoms with Crippen LogP contribution in [-0.4, -0.2) is 23.6 Å². The van der Waals surface area contributed by atoms with Crippen LogP contribution in [0.3, 0.4) is 0 Å². The molecule has 0 amide bonds. The predicted octanol–water partition coefficient (Wildman–Crippen LogP) is 2.91. The van der Waals surface area contributed by atoms with Gasteiger partial charge in [-0.2, -0.15) is 11.8 Å². The summed E-state index contributed by atoms with van der Waals surface area (Å²) in [6.45, 7) is 4.83. The molecule has 2 heteroatoms. The largest absolute Gasteiger partial charge is 0.310 e. The van der Waals surface area contributed by atoms with Gasteiger partial charge in [-0.1, -0.05) is 13.8 Å². The monoisotopic (exact) mass is 213 g/mol. The van der Waals surface area contributed by atoms with Gasteiger partial charge in [0.05, 0.1) is 0 Å². The summed E-state index contributed by atoms with van der Waals surface area (Å²) in [5.41, 5.74) is 0. The zero-order chi connectivity index (χ0) is 9.97. The van der Waals surface area contributed by atoms with Crippen LogP contribution in [0.15, 0.2) is 0 Å². The van der Waals surface area contributed by atoms with E-state index in [2.05, 4.69) is 30.9 Å². The van der Waals surface area contributed by atoms with E-state index < -0.39 is 0 Å². The molecule has 82 valence electrons. The van der Waals surface area contributed by atoms with Crippen molar-refractivity contribution in [3.05, 3.63) is 0 Å². The summed E-state index contributed by atoms with van der Waals surface area (Å²) < 4.78 is 0. The molecule has 2 aliphatic rings. The summed E-state index contributed by atoms with van der Waals surface area (Å²) in [6.07, 6.45) is 5.66. The Kier molecular flexibility index (Phi) is 3.78. The number of nitrogens with one attached hydrogen (secondary N) is 1. The van der Waals surface area contributed by atoms with Gasteiger partial charge in [0.15, 0.2) is 0 Å². The Morgan fingerprint density at radius 2 is 2.00 bits per heavy atom. The normalized spacial score (nSPS) is 44.1. The molecule has 1 aliphatic heterocycles. The molecule has 1 N–H and O–H groups in total. The van der Waals surface area contributed by atoms with Gasteiger partial charge >= 0.3 is 0 Å². The Bertz CT molecular complexity index is 177. The fourth-order valence-electron chi connectivity index (χ4n) is 2.77. The minimum Gasteiger partial charge on any atom is -0.310 e. The number of rotatable bonds is 2. The van der Waals surface area contributed by atoms with Gasteiger partial charge in [0.1, 0.15) is 0 Å². The molecule has 1 heterocycles. The fraction of sp³-hybridized carbons (Fsp3) is 1.00. The summed E-state index contributed by atoms with van der Waals surface area (Å²) in [4.78, 5) is 0. The molecule has 1 saturated carbocycles. The highest BCUT2D eigenvalue weighted by molar-refractivity contribution is 7.99. The Balaban J connectivity index is 1.79. The Hall–Kier alpha value is 0.310. The summed E-state index contributed by atoms with van der Waals surface area (Å²) in [5.74, 6) is 4.55. The maximum absolute atomic E-state index is 3.88. The van der Waals surface area contributed by atoms with Gasteiger partial charge in [0, 0.05) is 17.8 Å². The number of thioether (sulfide) groups is 1. The lowest BCUT2D eigenvalue weighted by Gasteiger charge is -2.28. The van der Waals surface area contributed by atoms with Crippen molar-refractivity contribution < 1.29 is 0 Å². The van der Waals surface area contributed by atoms with E-state index in [0.29, 0.717) is 0 Å². The SMILES string of the molecule is CC1CCC(NC2CCCSC2)C1C. The smallest absolute Gasteiger partial charge is 0.0161 e. The summed E-state index contributed by atoms with van der Waals surface area (Å²) >= 11 is 2.13. The quantitative estimate of drug-likeness (QED) is 0.757. The standard InChI is InChI=1S/C12H23NS/c1-9-5-6-12(10(9)2)13-11-4-3-7-14-8-11/h9-13H,3-8H2,1-2H3. The molecule has 0 spiro atoms. The highest BCUT2D eigenvalue weighted by atomic mass is 32.2. The average Bonchev–Trinajstić information content (AvgIpc) is 2.52. The van der Waals surface area contributed by atoms with Crippen LogP contribution in [-0.2, 0) is 0 Å². The van der Waals surface area contributed by atoms with E-state index >= 15 is 0 Å². The van der Waals surface area contributed by atoms with Crippen molar-refractivity contribution >= 4 is 11.8 Å². The molecule has 2 fully saturated rings. The van der Waals surface area contributed by atoms with Crippen molar-refractivity contribution in [2.75, 3.05) is 11.5 Å². The van der Waals surface area contributed by atoms with Crippen LogP contribution in [0.2, 0.25) is 0 Å². The van der Waals surface area contributed by atoms with Gasteiger partial charge in [-0.25, -0.2) is 0 Å². The first-order chi connectivity index (χ1) is 6.77. The van der Waals surface area contributed by atoms with E-state index in [4.69, 9.17) is 0 Å². The van der Waals surface area contributed by atoms with Gasteiger partial charge in [-0.15, -0.1) is 0 Å². The van der Waals surface area contributed by atoms with Crippen molar-refractivity contribution in [3.63, 3.8) is 0 Å².